The number of rotatable bonds is 5. The van der Waals surface area contributed by atoms with Crippen LogP contribution in [0.4, 0.5) is 11.4 Å². The van der Waals surface area contributed by atoms with Gasteiger partial charge < -0.3 is 5.32 Å². The van der Waals surface area contributed by atoms with Gasteiger partial charge in [-0.15, -0.1) is 0 Å². The average Bonchev–Trinajstić information content (AvgIpc) is 2.67. The molecule has 1 heterocycles. The normalized spacial score (nSPS) is 14.4. The first kappa shape index (κ1) is 20.5. The highest BCUT2D eigenvalue weighted by Crippen LogP contribution is 2.24. The molecule has 8 nitrogen and oxygen atoms in total. The minimum Gasteiger partial charge on any atom is -0.321 e. The van der Waals surface area contributed by atoms with Crippen molar-refractivity contribution in [3.8, 4) is 0 Å². The molecular weight excluding hydrogens is 392 g/mol. The van der Waals surface area contributed by atoms with Gasteiger partial charge in [-0.2, -0.15) is 5.10 Å². The molecule has 0 saturated carbocycles. The molecule has 2 amide bonds. The number of anilines is 2. The van der Waals surface area contributed by atoms with Gasteiger partial charge in [0.1, 0.15) is 5.71 Å². The minimum atomic E-state index is -3.77. The van der Waals surface area contributed by atoms with Gasteiger partial charge in [0.05, 0.1) is 10.6 Å². The van der Waals surface area contributed by atoms with Crippen LogP contribution in [0, 0.1) is 13.8 Å². The largest absolute Gasteiger partial charge is 0.321 e. The summed E-state index contributed by atoms with van der Waals surface area (Å²) in [6.07, 6.45) is 0.491. The van der Waals surface area contributed by atoms with E-state index < -0.39 is 15.9 Å². The highest BCUT2D eigenvalue weighted by molar-refractivity contribution is 7.92. The molecule has 0 aliphatic carbocycles. The summed E-state index contributed by atoms with van der Waals surface area (Å²) in [6, 6.07) is 11.4. The van der Waals surface area contributed by atoms with Gasteiger partial charge >= 0.3 is 0 Å². The summed E-state index contributed by atoms with van der Waals surface area (Å²) >= 11 is 0. The van der Waals surface area contributed by atoms with Crippen LogP contribution < -0.4 is 10.0 Å². The van der Waals surface area contributed by atoms with E-state index in [0.717, 1.165) is 16.1 Å². The summed E-state index contributed by atoms with van der Waals surface area (Å²) in [4.78, 5) is 23.8. The van der Waals surface area contributed by atoms with Crippen LogP contribution in [0.15, 0.2) is 52.5 Å². The van der Waals surface area contributed by atoms with Crippen molar-refractivity contribution in [1.82, 2.24) is 5.01 Å². The van der Waals surface area contributed by atoms with Gasteiger partial charge in [-0.05, 0) is 49.2 Å². The Labute approximate surface area is 169 Å². The van der Waals surface area contributed by atoms with Crippen molar-refractivity contribution in [1.29, 1.82) is 0 Å². The van der Waals surface area contributed by atoms with E-state index in [2.05, 4.69) is 15.1 Å². The third-order valence-corrected chi connectivity index (χ3v) is 5.98. The predicted octanol–water partition coefficient (Wildman–Crippen LogP) is 2.65. The van der Waals surface area contributed by atoms with Crippen LogP contribution >= 0.6 is 0 Å². The number of carbonyl (C=O) groups is 2. The van der Waals surface area contributed by atoms with E-state index in [9.17, 15) is 18.0 Å². The van der Waals surface area contributed by atoms with Crippen LogP contribution in [0.25, 0.3) is 0 Å². The molecule has 0 saturated heterocycles. The molecule has 9 heteroatoms. The quantitative estimate of drug-likeness (QED) is 0.784. The molecule has 1 aliphatic rings. The summed E-state index contributed by atoms with van der Waals surface area (Å²) < 4.78 is 28.0. The maximum absolute atomic E-state index is 12.7. The smallest absolute Gasteiger partial charge is 0.271 e. The number of nitrogens with zero attached hydrogens (tertiary/aromatic N) is 2. The standard InChI is InChI=1S/C20H22N4O4S/c1-13-5-4-6-14(2)19(13)23-29(27,28)16-9-7-15(8-10-16)21-20(26)17-11-12-18(25)24(3)22-17/h4-10,23H,11-12H2,1-3H3,(H,21,26). The lowest BCUT2D eigenvalue weighted by molar-refractivity contribution is -0.130. The zero-order valence-electron chi connectivity index (χ0n) is 16.4. The fourth-order valence-electron chi connectivity index (χ4n) is 2.92. The number of hydrogen-bond acceptors (Lipinski definition) is 5. The Bertz CT molecular complexity index is 1070. The third kappa shape index (κ3) is 4.62. The van der Waals surface area contributed by atoms with E-state index in [0.29, 0.717) is 11.4 Å². The lowest BCUT2D eigenvalue weighted by Crippen LogP contribution is -2.34. The second kappa shape index (κ2) is 8.04. The second-order valence-electron chi connectivity index (χ2n) is 6.81. The Kier molecular flexibility index (Phi) is 5.69. The molecule has 0 aromatic heterocycles. The summed E-state index contributed by atoms with van der Waals surface area (Å²) in [5.74, 6) is -0.568. The van der Waals surface area contributed by atoms with Crippen LogP contribution in [0.2, 0.25) is 0 Å². The van der Waals surface area contributed by atoms with E-state index in [1.54, 1.807) is 0 Å². The van der Waals surface area contributed by atoms with Gasteiger partial charge in [0.15, 0.2) is 0 Å². The molecular formula is C20H22N4O4S. The molecule has 2 aromatic rings. The fourth-order valence-corrected chi connectivity index (χ4v) is 4.13. The zero-order valence-corrected chi connectivity index (χ0v) is 17.2. The molecule has 0 bridgehead atoms. The van der Waals surface area contributed by atoms with Gasteiger partial charge in [-0.3, -0.25) is 14.3 Å². The second-order valence-corrected chi connectivity index (χ2v) is 8.50. The van der Waals surface area contributed by atoms with Crippen molar-refractivity contribution in [2.24, 2.45) is 5.10 Å². The Morgan fingerprint density at radius 1 is 1.03 bits per heavy atom. The van der Waals surface area contributed by atoms with E-state index in [-0.39, 0.29) is 29.4 Å². The number of hydrogen-bond donors (Lipinski definition) is 2. The molecule has 1 aliphatic heterocycles. The first-order chi connectivity index (χ1) is 13.7. The monoisotopic (exact) mass is 414 g/mol. The SMILES string of the molecule is Cc1cccc(C)c1NS(=O)(=O)c1ccc(NC(=O)C2=NN(C)C(=O)CC2)cc1. The Morgan fingerprint density at radius 3 is 2.24 bits per heavy atom. The van der Waals surface area contributed by atoms with Crippen LogP contribution in [0.5, 0.6) is 0 Å². The summed E-state index contributed by atoms with van der Waals surface area (Å²) in [7, 11) is -2.27. The van der Waals surface area contributed by atoms with E-state index in [1.807, 2.05) is 32.0 Å². The van der Waals surface area contributed by atoms with Crippen LogP contribution in [-0.2, 0) is 19.6 Å². The predicted molar refractivity (Wildman–Crippen MR) is 111 cm³/mol. The van der Waals surface area contributed by atoms with Crippen LogP contribution in [0.1, 0.15) is 24.0 Å². The molecule has 0 radical (unpaired) electrons. The fraction of sp³-hybridized carbons (Fsp3) is 0.250. The molecule has 0 atom stereocenters. The number of nitrogens with one attached hydrogen (secondary N) is 2. The molecule has 0 spiro atoms. The Morgan fingerprint density at radius 2 is 1.66 bits per heavy atom. The molecule has 2 aromatic carbocycles. The average molecular weight is 414 g/mol. The molecule has 152 valence electrons. The Hall–Kier alpha value is -3.20. The summed E-state index contributed by atoms with van der Waals surface area (Å²) in [5.41, 5.74) is 2.89. The number of para-hydroxylation sites is 1. The summed E-state index contributed by atoms with van der Waals surface area (Å²) in [5, 5.41) is 7.78. The van der Waals surface area contributed by atoms with Crippen molar-refractivity contribution in [3.63, 3.8) is 0 Å². The molecule has 2 N–H and O–H groups in total. The topological polar surface area (TPSA) is 108 Å². The first-order valence-corrected chi connectivity index (χ1v) is 10.5. The van der Waals surface area contributed by atoms with Crippen molar-refractivity contribution in [2.75, 3.05) is 17.1 Å². The summed E-state index contributed by atoms with van der Waals surface area (Å²) in [6.45, 7) is 3.67. The van der Waals surface area contributed by atoms with Crippen LogP contribution in [0.3, 0.4) is 0 Å². The number of sulfonamides is 1. The number of aryl methyl sites for hydroxylation is 2. The lowest BCUT2D eigenvalue weighted by atomic mass is 10.1. The highest BCUT2D eigenvalue weighted by Gasteiger charge is 2.22. The highest BCUT2D eigenvalue weighted by atomic mass is 32.2. The Balaban J connectivity index is 1.73. The molecule has 0 unspecified atom stereocenters. The van der Waals surface area contributed by atoms with E-state index >= 15 is 0 Å². The number of carbonyl (C=O) groups excluding carboxylic acids is 2. The maximum atomic E-state index is 12.7. The first-order valence-electron chi connectivity index (χ1n) is 9.02. The van der Waals surface area contributed by atoms with Gasteiger partial charge in [-0.1, -0.05) is 18.2 Å². The minimum absolute atomic E-state index is 0.0819. The van der Waals surface area contributed by atoms with Gasteiger partial charge in [0.2, 0.25) is 5.91 Å². The van der Waals surface area contributed by atoms with Gasteiger partial charge in [0.25, 0.3) is 15.9 Å². The van der Waals surface area contributed by atoms with Crippen molar-refractivity contribution < 1.29 is 18.0 Å². The molecule has 29 heavy (non-hydrogen) atoms. The number of benzene rings is 2. The van der Waals surface area contributed by atoms with Crippen LogP contribution in [-0.4, -0.2) is 38.0 Å². The maximum Gasteiger partial charge on any atom is 0.271 e. The van der Waals surface area contributed by atoms with E-state index in [1.165, 1.54) is 31.3 Å². The third-order valence-electron chi connectivity index (χ3n) is 4.61. The van der Waals surface area contributed by atoms with Crippen molar-refractivity contribution >= 4 is 38.9 Å². The number of hydrazone groups is 1. The lowest BCUT2D eigenvalue weighted by Gasteiger charge is -2.19. The van der Waals surface area contributed by atoms with Gasteiger partial charge in [-0.25, -0.2) is 13.4 Å². The van der Waals surface area contributed by atoms with Gasteiger partial charge in [0, 0.05) is 25.6 Å². The molecule has 3 rings (SSSR count). The van der Waals surface area contributed by atoms with Crippen molar-refractivity contribution in [3.05, 3.63) is 53.6 Å². The number of amides is 2. The van der Waals surface area contributed by atoms with Crippen molar-refractivity contribution in [2.45, 2.75) is 31.6 Å². The zero-order chi connectivity index (χ0) is 21.2. The van der Waals surface area contributed by atoms with E-state index in [4.69, 9.17) is 0 Å². The molecule has 0 fully saturated rings.